The van der Waals surface area contributed by atoms with Crippen LogP contribution in [0.2, 0.25) is 0 Å². The first kappa shape index (κ1) is 15.6. The molecule has 1 N–H and O–H groups in total. The van der Waals surface area contributed by atoms with Gasteiger partial charge in [-0.3, -0.25) is 14.5 Å². The van der Waals surface area contributed by atoms with Gasteiger partial charge in [0, 0.05) is 5.57 Å². The summed E-state index contributed by atoms with van der Waals surface area (Å²) in [7, 11) is 0. The first-order chi connectivity index (χ1) is 11.9. The van der Waals surface area contributed by atoms with Gasteiger partial charge in [-0.2, -0.15) is 0 Å². The Hall–Kier alpha value is -1.69. The van der Waals surface area contributed by atoms with E-state index in [2.05, 4.69) is 6.58 Å². The first-order valence-corrected chi connectivity index (χ1v) is 9.26. The van der Waals surface area contributed by atoms with Gasteiger partial charge in [-0.05, 0) is 61.7 Å². The fourth-order valence-electron chi connectivity index (χ4n) is 7.07. The Morgan fingerprint density at radius 3 is 2.68 bits per heavy atom. The zero-order valence-corrected chi connectivity index (χ0v) is 14.3. The molecule has 0 aromatic carbocycles. The van der Waals surface area contributed by atoms with E-state index >= 15 is 0 Å². The van der Waals surface area contributed by atoms with Crippen molar-refractivity contribution in [1.82, 2.24) is 4.90 Å². The topological polar surface area (TPSA) is 83.9 Å². The second-order valence-corrected chi connectivity index (χ2v) is 8.66. The second-order valence-electron chi connectivity index (χ2n) is 8.66. The van der Waals surface area contributed by atoms with Crippen molar-refractivity contribution in [2.24, 2.45) is 41.4 Å². The summed E-state index contributed by atoms with van der Waals surface area (Å²) in [5.41, 5.74) is 0.240. The van der Waals surface area contributed by atoms with Crippen molar-refractivity contribution in [1.29, 1.82) is 0 Å². The van der Waals surface area contributed by atoms with Crippen LogP contribution in [0.4, 0.5) is 0 Å². The number of aliphatic hydroxyl groups excluding tert-OH is 1. The average Bonchev–Trinajstić information content (AvgIpc) is 3.27. The van der Waals surface area contributed by atoms with Crippen LogP contribution in [0.5, 0.6) is 0 Å². The molecule has 5 fully saturated rings. The Morgan fingerprint density at radius 1 is 1.20 bits per heavy atom. The average molecular weight is 345 g/mol. The van der Waals surface area contributed by atoms with E-state index in [4.69, 9.17) is 4.74 Å². The maximum Gasteiger partial charge on any atom is 0.333 e. The molecule has 6 nitrogen and oxygen atoms in total. The van der Waals surface area contributed by atoms with Crippen LogP contribution in [-0.2, 0) is 19.1 Å². The van der Waals surface area contributed by atoms with E-state index in [1.807, 2.05) is 0 Å². The predicted molar refractivity (Wildman–Crippen MR) is 85.7 cm³/mol. The maximum atomic E-state index is 12.6. The van der Waals surface area contributed by atoms with Gasteiger partial charge in [0.25, 0.3) is 5.91 Å². The minimum Gasteiger partial charge on any atom is -0.452 e. The molecule has 0 spiro atoms. The number of amides is 2. The van der Waals surface area contributed by atoms with Gasteiger partial charge in [0.05, 0.1) is 18.1 Å². The largest absolute Gasteiger partial charge is 0.452 e. The van der Waals surface area contributed by atoms with E-state index < -0.39 is 18.5 Å². The molecule has 4 saturated carbocycles. The number of ether oxygens (including phenoxy) is 1. The molecule has 5 aliphatic rings. The molecule has 6 heteroatoms. The van der Waals surface area contributed by atoms with Gasteiger partial charge in [0.1, 0.15) is 0 Å². The second kappa shape index (κ2) is 4.93. The molecule has 0 aromatic heterocycles. The van der Waals surface area contributed by atoms with Crippen molar-refractivity contribution in [3.8, 4) is 0 Å². The number of hydrogen-bond donors (Lipinski definition) is 1. The summed E-state index contributed by atoms with van der Waals surface area (Å²) in [4.78, 5) is 37.9. The highest BCUT2D eigenvalue weighted by Crippen LogP contribution is 2.71. The number of carbonyl (C=O) groups excluding carboxylic acids is 3. The molecule has 4 aliphatic carbocycles. The summed E-state index contributed by atoms with van der Waals surface area (Å²) in [6.45, 7) is 4.62. The molecule has 2 amide bonds. The molecule has 0 radical (unpaired) electrons. The van der Waals surface area contributed by atoms with E-state index in [9.17, 15) is 19.5 Å². The van der Waals surface area contributed by atoms with Crippen LogP contribution in [0, 0.1) is 41.4 Å². The SMILES string of the molecule is C=C(C)C(=O)OCC(=O)N1C(=O)C2C3CC(C4C5CC(O)C(C5)C34)C21. The van der Waals surface area contributed by atoms with Crippen molar-refractivity contribution in [2.45, 2.75) is 38.3 Å². The Labute approximate surface area is 146 Å². The maximum absolute atomic E-state index is 12.6. The van der Waals surface area contributed by atoms with E-state index in [-0.39, 0.29) is 29.5 Å². The summed E-state index contributed by atoms with van der Waals surface area (Å²) in [6.07, 6.45) is 2.77. The van der Waals surface area contributed by atoms with Crippen LogP contribution in [0.1, 0.15) is 26.2 Å². The van der Waals surface area contributed by atoms with Crippen LogP contribution in [0.15, 0.2) is 12.2 Å². The molecule has 5 rings (SSSR count). The van der Waals surface area contributed by atoms with E-state index in [1.165, 1.54) is 11.8 Å². The van der Waals surface area contributed by atoms with Gasteiger partial charge in [-0.1, -0.05) is 6.58 Å². The third kappa shape index (κ3) is 1.81. The third-order valence-electron chi connectivity index (χ3n) is 7.66. The van der Waals surface area contributed by atoms with E-state index in [0.717, 1.165) is 19.3 Å². The van der Waals surface area contributed by atoms with E-state index in [0.29, 0.717) is 35.5 Å². The number of nitrogens with zero attached hydrogens (tertiary/aromatic N) is 1. The lowest BCUT2D eigenvalue weighted by Gasteiger charge is -2.53. The van der Waals surface area contributed by atoms with Crippen LogP contribution in [0.25, 0.3) is 0 Å². The van der Waals surface area contributed by atoms with Gasteiger partial charge in [-0.15, -0.1) is 0 Å². The van der Waals surface area contributed by atoms with Crippen LogP contribution in [0.3, 0.4) is 0 Å². The van der Waals surface area contributed by atoms with Gasteiger partial charge >= 0.3 is 5.97 Å². The highest BCUT2D eigenvalue weighted by molar-refractivity contribution is 6.04. The molecule has 1 aliphatic heterocycles. The molecule has 4 bridgehead atoms. The summed E-state index contributed by atoms with van der Waals surface area (Å²) < 4.78 is 4.93. The monoisotopic (exact) mass is 345 g/mol. The van der Waals surface area contributed by atoms with Gasteiger partial charge in [0.15, 0.2) is 6.61 Å². The zero-order valence-electron chi connectivity index (χ0n) is 14.3. The van der Waals surface area contributed by atoms with Gasteiger partial charge in [0.2, 0.25) is 5.91 Å². The normalized spacial score (nSPS) is 48.2. The Balaban J connectivity index is 1.32. The molecular formula is C19H23NO5. The zero-order chi connectivity index (χ0) is 17.6. The number of rotatable bonds is 3. The minimum atomic E-state index is -0.604. The summed E-state index contributed by atoms with van der Waals surface area (Å²) in [6, 6.07) is -0.00808. The molecule has 1 heterocycles. The van der Waals surface area contributed by atoms with Crippen molar-refractivity contribution in [3.05, 3.63) is 12.2 Å². The lowest BCUT2D eigenvalue weighted by Crippen LogP contribution is -2.68. The fourth-order valence-corrected chi connectivity index (χ4v) is 7.07. The predicted octanol–water partition coefficient (Wildman–Crippen LogP) is 0.742. The molecular weight excluding hydrogens is 322 g/mol. The fraction of sp³-hybridized carbons (Fsp3) is 0.737. The number of β-lactam (4-membered cyclic amide) rings is 1. The smallest absolute Gasteiger partial charge is 0.333 e. The van der Waals surface area contributed by atoms with Crippen LogP contribution in [-0.4, -0.2) is 46.5 Å². The van der Waals surface area contributed by atoms with Crippen molar-refractivity contribution in [2.75, 3.05) is 6.61 Å². The van der Waals surface area contributed by atoms with Crippen LogP contribution >= 0.6 is 0 Å². The quantitative estimate of drug-likeness (QED) is 0.353. The third-order valence-corrected chi connectivity index (χ3v) is 7.66. The minimum absolute atomic E-state index is 0.00808. The standard InChI is InChI=1S/C19H23NO5/c1-7(2)19(24)25-6-13(22)20-17-11-5-10(16(17)18(20)23)15-9-3-8(14(11)15)4-12(9)21/h8-12,14-17,21H,1,3-6H2,2H3. The number of hydrogen-bond acceptors (Lipinski definition) is 5. The number of fused-ring (bicyclic) bond motifs is 12. The van der Waals surface area contributed by atoms with Crippen molar-refractivity contribution < 1.29 is 24.2 Å². The molecule has 1 saturated heterocycles. The highest BCUT2D eigenvalue weighted by atomic mass is 16.5. The number of esters is 1. The number of carbonyl (C=O) groups is 3. The van der Waals surface area contributed by atoms with Crippen molar-refractivity contribution in [3.63, 3.8) is 0 Å². The van der Waals surface area contributed by atoms with Crippen LogP contribution < -0.4 is 0 Å². The molecule has 9 atom stereocenters. The molecule has 0 aromatic rings. The number of imide groups is 1. The molecule has 134 valence electrons. The van der Waals surface area contributed by atoms with Gasteiger partial charge in [-0.25, -0.2) is 4.79 Å². The van der Waals surface area contributed by atoms with Gasteiger partial charge < -0.3 is 9.84 Å². The lowest BCUT2D eigenvalue weighted by atomic mass is 9.61. The van der Waals surface area contributed by atoms with Crippen molar-refractivity contribution >= 4 is 17.8 Å². The Morgan fingerprint density at radius 2 is 1.96 bits per heavy atom. The first-order valence-electron chi connectivity index (χ1n) is 9.26. The Kier molecular flexibility index (Phi) is 3.07. The summed E-state index contributed by atoms with van der Waals surface area (Å²) in [5.74, 6) is 1.48. The Bertz CT molecular complexity index is 702. The highest BCUT2D eigenvalue weighted by Gasteiger charge is 2.74. The van der Waals surface area contributed by atoms with E-state index in [1.54, 1.807) is 0 Å². The number of aliphatic hydroxyl groups is 1. The molecule has 9 unspecified atom stereocenters. The summed E-state index contributed by atoms with van der Waals surface area (Å²) >= 11 is 0. The number of likely N-dealkylation sites (tertiary alicyclic amines) is 1. The molecule has 25 heavy (non-hydrogen) atoms. The summed E-state index contributed by atoms with van der Waals surface area (Å²) in [5, 5.41) is 10.2. The lowest BCUT2D eigenvalue weighted by molar-refractivity contribution is -0.179.